The fourth-order valence-corrected chi connectivity index (χ4v) is 7.90. The standard InChI is InChI=1S/C28H10BN5S2/c1-32-20-11-10-19-23-27(20)36-28-21(33-2)12-16(14-31)26-24(28)34(23)22-18(9-8-15(13-30)25(22)35-26)29(19)17-6-4-3-5-7-17/h3-12H. The lowest BCUT2D eigenvalue weighted by molar-refractivity contribution is 1.09. The van der Waals surface area contributed by atoms with E-state index in [1.165, 1.54) is 23.5 Å². The molecule has 5 nitrogen and oxygen atoms in total. The highest BCUT2D eigenvalue weighted by Crippen LogP contribution is 2.64. The molecule has 3 heterocycles. The molecular weight excluding hydrogens is 481 g/mol. The second kappa shape index (κ2) is 7.45. The van der Waals surface area contributed by atoms with Crippen LogP contribution in [0.15, 0.2) is 80.2 Å². The van der Waals surface area contributed by atoms with Crippen molar-refractivity contribution in [1.82, 2.24) is 0 Å². The molecule has 0 fully saturated rings. The highest BCUT2D eigenvalue weighted by atomic mass is 32.2. The summed E-state index contributed by atoms with van der Waals surface area (Å²) in [5, 5.41) is 20.0. The van der Waals surface area contributed by atoms with Crippen molar-refractivity contribution < 1.29 is 0 Å². The molecule has 0 amide bonds. The topological polar surface area (TPSA) is 59.5 Å². The largest absolute Gasteiger partial charge is 0.309 e. The van der Waals surface area contributed by atoms with Crippen molar-refractivity contribution >= 4 is 75.1 Å². The van der Waals surface area contributed by atoms with Gasteiger partial charge in [-0.25, -0.2) is 9.69 Å². The van der Waals surface area contributed by atoms with Gasteiger partial charge in [-0.1, -0.05) is 65.8 Å². The Bertz CT molecular complexity index is 1740. The molecule has 0 bridgehead atoms. The number of hydrogen-bond acceptors (Lipinski definition) is 5. The summed E-state index contributed by atoms with van der Waals surface area (Å²) in [6.45, 7) is 15.6. The number of nitrogens with zero attached hydrogens (tertiary/aromatic N) is 5. The van der Waals surface area contributed by atoms with Crippen LogP contribution >= 0.6 is 23.5 Å². The summed E-state index contributed by atoms with van der Waals surface area (Å²) in [4.78, 5) is 12.8. The molecule has 4 aromatic rings. The molecule has 0 aromatic heterocycles. The maximum Gasteiger partial charge on any atom is 0.246 e. The van der Waals surface area contributed by atoms with Crippen molar-refractivity contribution in [2.75, 3.05) is 4.90 Å². The summed E-state index contributed by atoms with van der Waals surface area (Å²) < 4.78 is 0. The van der Waals surface area contributed by atoms with Gasteiger partial charge >= 0.3 is 0 Å². The van der Waals surface area contributed by atoms with Crippen molar-refractivity contribution in [1.29, 1.82) is 10.5 Å². The van der Waals surface area contributed by atoms with E-state index in [0.717, 1.165) is 53.0 Å². The van der Waals surface area contributed by atoms with Crippen molar-refractivity contribution in [2.24, 2.45) is 0 Å². The summed E-state index contributed by atoms with van der Waals surface area (Å²) >= 11 is 2.87. The monoisotopic (exact) mass is 491 g/mol. The molecule has 0 saturated heterocycles. The molecule has 0 aliphatic carbocycles. The minimum atomic E-state index is -0.0822. The number of benzene rings is 4. The molecular formula is C28H10BN5S2. The van der Waals surface area contributed by atoms with Gasteiger partial charge in [0.15, 0.2) is 0 Å². The van der Waals surface area contributed by atoms with E-state index in [0.29, 0.717) is 22.5 Å². The van der Waals surface area contributed by atoms with Gasteiger partial charge < -0.3 is 4.90 Å². The highest BCUT2D eigenvalue weighted by Gasteiger charge is 2.45. The molecule has 7 rings (SSSR count). The molecule has 8 heteroatoms. The number of hydrogen-bond donors (Lipinski definition) is 0. The fraction of sp³-hybridized carbons (Fsp3) is 0. The van der Waals surface area contributed by atoms with Crippen LogP contribution in [0.25, 0.3) is 9.69 Å². The first-order valence-corrected chi connectivity index (χ1v) is 12.6. The normalized spacial score (nSPS) is 13.1. The molecule has 3 aliphatic rings. The van der Waals surface area contributed by atoms with E-state index in [9.17, 15) is 10.5 Å². The average molecular weight is 491 g/mol. The van der Waals surface area contributed by atoms with Gasteiger partial charge in [-0.3, -0.25) is 0 Å². The van der Waals surface area contributed by atoms with Crippen molar-refractivity contribution in [3.8, 4) is 12.1 Å². The first-order chi connectivity index (χ1) is 17.7. The number of rotatable bonds is 1. The highest BCUT2D eigenvalue weighted by molar-refractivity contribution is 8.01. The molecule has 0 N–H and O–H groups in total. The van der Waals surface area contributed by atoms with E-state index >= 15 is 0 Å². The first-order valence-electron chi connectivity index (χ1n) is 11.0. The van der Waals surface area contributed by atoms with Crippen LogP contribution in [0, 0.1) is 35.8 Å². The molecule has 0 unspecified atom stereocenters. The smallest absolute Gasteiger partial charge is 0.246 e. The zero-order valence-corrected chi connectivity index (χ0v) is 20.0. The van der Waals surface area contributed by atoms with Crippen LogP contribution in [0.3, 0.4) is 0 Å². The van der Waals surface area contributed by atoms with E-state index in [4.69, 9.17) is 13.1 Å². The molecule has 0 saturated carbocycles. The number of anilines is 3. The molecule has 0 spiro atoms. The second-order valence-electron chi connectivity index (χ2n) is 8.51. The third-order valence-corrected chi connectivity index (χ3v) is 9.26. The molecule has 0 radical (unpaired) electrons. The summed E-state index contributed by atoms with van der Waals surface area (Å²) in [6, 6.07) is 24.3. The summed E-state index contributed by atoms with van der Waals surface area (Å²) in [6.07, 6.45) is 0. The van der Waals surface area contributed by atoms with Gasteiger partial charge in [-0.05, 0) is 23.1 Å². The van der Waals surface area contributed by atoms with Gasteiger partial charge in [0.1, 0.15) is 6.07 Å². The Kier molecular flexibility index (Phi) is 4.29. The van der Waals surface area contributed by atoms with Gasteiger partial charge in [0, 0.05) is 15.5 Å². The van der Waals surface area contributed by atoms with Crippen molar-refractivity contribution in [3.63, 3.8) is 0 Å². The van der Waals surface area contributed by atoms with E-state index in [1.54, 1.807) is 6.07 Å². The Hall–Kier alpha value is -4.60. The minimum absolute atomic E-state index is 0.0822. The van der Waals surface area contributed by atoms with Gasteiger partial charge in [-0.2, -0.15) is 10.5 Å². The van der Waals surface area contributed by atoms with Gasteiger partial charge in [0.25, 0.3) is 0 Å². The summed E-state index contributed by atoms with van der Waals surface area (Å²) in [5.74, 6) is 0. The first kappa shape index (κ1) is 20.8. The van der Waals surface area contributed by atoms with Crippen LogP contribution in [0.2, 0.25) is 0 Å². The molecule has 3 aliphatic heterocycles. The maximum absolute atomic E-state index is 10.0. The Morgan fingerprint density at radius 2 is 1.31 bits per heavy atom. The van der Waals surface area contributed by atoms with E-state index in [2.05, 4.69) is 38.9 Å². The Morgan fingerprint density at radius 1 is 0.694 bits per heavy atom. The summed E-state index contributed by atoms with van der Waals surface area (Å²) in [7, 11) is 0. The number of nitriles is 2. The zero-order chi connectivity index (χ0) is 24.6. The van der Waals surface area contributed by atoms with Gasteiger partial charge in [-0.15, -0.1) is 11.8 Å². The predicted octanol–water partition coefficient (Wildman–Crippen LogP) is 5.76. The zero-order valence-electron chi connectivity index (χ0n) is 18.4. The van der Waals surface area contributed by atoms with Gasteiger partial charge in [0.2, 0.25) is 18.1 Å². The third kappa shape index (κ3) is 2.50. The van der Waals surface area contributed by atoms with Crippen LogP contribution in [0.1, 0.15) is 11.1 Å². The Balaban J connectivity index is 1.69. The molecule has 4 aromatic carbocycles. The van der Waals surface area contributed by atoms with Gasteiger partial charge in [0.05, 0.1) is 51.5 Å². The van der Waals surface area contributed by atoms with Crippen LogP contribution in [0.4, 0.5) is 28.4 Å². The lowest BCUT2D eigenvalue weighted by Gasteiger charge is -2.46. The lowest BCUT2D eigenvalue weighted by atomic mass is 9.35. The Morgan fingerprint density at radius 3 is 2.00 bits per heavy atom. The van der Waals surface area contributed by atoms with Crippen molar-refractivity contribution in [2.45, 2.75) is 19.6 Å². The lowest BCUT2D eigenvalue weighted by Crippen LogP contribution is -2.58. The van der Waals surface area contributed by atoms with Crippen molar-refractivity contribution in [3.05, 3.63) is 94.6 Å². The molecule has 162 valence electrons. The van der Waals surface area contributed by atoms with Crippen LogP contribution in [-0.4, -0.2) is 6.71 Å². The summed E-state index contributed by atoms with van der Waals surface area (Å²) in [5.41, 5.74) is 7.76. The quantitative estimate of drug-likeness (QED) is 0.216. The van der Waals surface area contributed by atoms with Crippen LogP contribution in [-0.2, 0) is 0 Å². The van der Waals surface area contributed by atoms with Crippen LogP contribution in [0.5, 0.6) is 0 Å². The maximum atomic E-state index is 10.0. The fourth-order valence-electron chi connectivity index (χ4n) is 5.37. The minimum Gasteiger partial charge on any atom is -0.309 e. The van der Waals surface area contributed by atoms with Crippen LogP contribution < -0.4 is 21.3 Å². The van der Waals surface area contributed by atoms with E-state index in [-0.39, 0.29) is 6.71 Å². The van der Waals surface area contributed by atoms with E-state index in [1.807, 2.05) is 42.5 Å². The SMILES string of the molecule is [C-]#[N+]c1ccc2c3c1Sc1c([N+]#[C-])cc(C#N)c4c1N3c1c(ccc(C#N)c1S4)B2c1ccccc1. The Labute approximate surface area is 216 Å². The molecule has 0 atom stereocenters. The molecule has 36 heavy (non-hydrogen) atoms. The van der Waals surface area contributed by atoms with E-state index < -0.39 is 0 Å². The predicted molar refractivity (Wildman–Crippen MR) is 142 cm³/mol. The third-order valence-electron chi connectivity index (χ3n) is 6.81. The average Bonchev–Trinajstić information content (AvgIpc) is 2.93. The second-order valence-corrected chi connectivity index (χ2v) is 10.6.